The second-order valence-electron chi connectivity index (χ2n) is 11.7. The Morgan fingerprint density at radius 3 is 2.11 bits per heavy atom. The van der Waals surface area contributed by atoms with E-state index in [4.69, 9.17) is 43.5 Å². The van der Waals surface area contributed by atoms with Gasteiger partial charge in [0.25, 0.3) is 11.9 Å². The van der Waals surface area contributed by atoms with Crippen molar-refractivity contribution in [1.29, 1.82) is 5.26 Å². The van der Waals surface area contributed by atoms with Gasteiger partial charge in [-0.05, 0) is 54.0 Å². The maximum Gasteiger partial charge on any atom is 0.302 e. The first kappa shape index (κ1) is 37.0. The second-order valence-corrected chi connectivity index (χ2v) is 11.7. The van der Waals surface area contributed by atoms with Crippen molar-refractivity contribution in [1.82, 2.24) is 0 Å². The molecule has 1 saturated carbocycles. The van der Waals surface area contributed by atoms with Crippen molar-refractivity contribution < 1.29 is 53.1 Å². The van der Waals surface area contributed by atoms with Gasteiger partial charge in [0.05, 0.1) is 37.1 Å². The number of carboxylic acid groups (broad SMARTS) is 2. The third-order valence-corrected chi connectivity index (χ3v) is 7.47. The maximum atomic E-state index is 11.8. The molecular weight excluding hydrogens is 610 g/mol. The summed E-state index contributed by atoms with van der Waals surface area (Å²) in [4.78, 5) is 41.3. The summed E-state index contributed by atoms with van der Waals surface area (Å²) < 4.78 is 29.1. The standard InChI is InChI=1S/C31H35NO7.2C2H4O2/c1-19(33)36-18-28-14-27(37-20(2)34)15-31(39-28)29-12-24(11-21-3-5-22(6-4-21)23-7-8-23)25(16-32)13-30(29)38-26-9-10-35-17-26;2*1-2(3)4/h3-6,12-13,23,26-28,31H,7-11,14-15,17-18H2,1-2H3;2*1H3,(H,3,4)/t26-,27-,28-,31+;;/m0../s1. The fourth-order valence-electron chi connectivity index (χ4n) is 5.40. The van der Waals surface area contributed by atoms with Crippen LogP contribution in [0.1, 0.15) is 99.6 Å². The summed E-state index contributed by atoms with van der Waals surface area (Å²) in [6.45, 7) is 6.07. The minimum Gasteiger partial charge on any atom is -0.487 e. The number of carbonyl (C=O) groups is 4. The molecule has 0 spiro atoms. The summed E-state index contributed by atoms with van der Waals surface area (Å²) in [6, 6.07) is 14.8. The Balaban J connectivity index is 0.000000676. The molecule has 3 fully saturated rings. The van der Waals surface area contributed by atoms with E-state index < -0.39 is 36.2 Å². The third kappa shape index (κ3) is 13.0. The van der Waals surface area contributed by atoms with Gasteiger partial charge in [-0.3, -0.25) is 19.2 Å². The fourth-order valence-corrected chi connectivity index (χ4v) is 5.40. The van der Waals surface area contributed by atoms with Gasteiger partial charge < -0.3 is 33.9 Å². The topological polar surface area (TPSA) is 179 Å². The van der Waals surface area contributed by atoms with E-state index in [-0.39, 0.29) is 18.7 Å². The first-order chi connectivity index (χ1) is 22.3. The van der Waals surface area contributed by atoms with Crippen LogP contribution >= 0.6 is 0 Å². The Morgan fingerprint density at radius 1 is 0.915 bits per heavy atom. The van der Waals surface area contributed by atoms with Crippen LogP contribution in [0.4, 0.5) is 0 Å². The van der Waals surface area contributed by atoms with Gasteiger partial charge in [-0.2, -0.15) is 5.26 Å². The van der Waals surface area contributed by atoms with Crippen molar-refractivity contribution in [3.8, 4) is 11.8 Å². The van der Waals surface area contributed by atoms with Crippen molar-refractivity contribution >= 4 is 23.9 Å². The average molecular weight is 654 g/mol. The number of carboxylic acids is 2. The van der Waals surface area contributed by atoms with Crippen LogP contribution in [0.2, 0.25) is 0 Å². The van der Waals surface area contributed by atoms with Crippen LogP contribution in [-0.2, 0) is 44.5 Å². The lowest BCUT2D eigenvalue weighted by atomic mass is 9.91. The molecule has 2 heterocycles. The third-order valence-electron chi connectivity index (χ3n) is 7.47. The van der Waals surface area contributed by atoms with Gasteiger partial charge in [-0.25, -0.2) is 0 Å². The van der Waals surface area contributed by atoms with Crippen LogP contribution in [0.5, 0.6) is 5.75 Å². The number of esters is 2. The highest BCUT2D eigenvalue weighted by Crippen LogP contribution is 2.41. The van der Waals surface area contributed by atoms with Crippen LogP contribution in [-0.4, -0.2) is 72.2 Å². The minimum atomic E-state index is -0.833. The van der Waals surface area contributed by atoms with Crippen LogP contribution in [0.25, 0.3) is 0 Å². The zero-order chi connectivity index (χ0) is 34.5. The van der Waals surface area contributed by atoms with Crippen LogP contribution in [0.3, 0.4) is 0 Å². The average Bonchev–Trinajstić information content (AvgIpc) is 3.71. The Kier molecular flexibility index (Phi) is 14.2. The molecule has 0 unspecified atom stereocenters. The van der Waals surface area contributed by atoms with Crippen molar-refractivity contribution in [2.24, 2.45) is 0 Å². The Labute approximate surface area is 274 Å². The van der Waals surface area contributed by atoms with Gasteiger partial charge in [0.1, 0.15) is 24.6 Å². The molecule has 3 aliphatic rings. The van der Waals surface area contributed by atoms with Crippen LogP contribution in [0, 0.1) is 11.3 Å². The second kappa shape index (κ2) is 18.0. The van der Waals surface area contributed by atoms with Gasteiger partial charge >= 0.3 is 11.9 Å². The summed E-state index contributed by atoms with van der Waals surface area (Å²) in [5, 5.41) is 24.9. The monoisotopic (exact) mass is 653 g/mol. The molecule has 12 nitrogen and oxygen atoms in total. The molecule has 0 radical (unpaired) electrons. The van der Waals surface area contributed by atoms with Crippen molar-refractivity contribution in [2.75, 3.05) is 19.8 Å². The number of ether oxygens (including phenoxy) is 5. The summed E-state index contributed by atoms with van der Waals surface area (Å²) in [5.74, 6) is -1.19. The van der Waals surface area contributed by atoms with Gasteiger partial charge in [-0.1, -0.05) is 24.3 Å². The molecule has 2 aromatic rings. The van der Waals surface area contributed by atoms with Gasteiger partial charge in [0.2, 0.25) is 0 Å². The maximum absolute atomic E-state index is 11.8. The molecule has 4 atom stereocenters. The zero-order valence-electron chi connectivity index (χ0n) is 27.2. The first-order valence-electron chi connectivity index (χ1n) is 15.6. The predicted octanol–water partition coefficient (Wildman–Crippen LogP) is 5.09. The number of carbonyl (C=O) groups excluding carboxylic acids is 2. The van der Waals surface area contributed by atoms with E-state index in [0.29, 0.717) is 49.7 Å². The van der Waals surface area contributed by atoms with Crippen molar-refractivity contribution in [3.05, 3.63) is 64.2 Å². The molecule has 2 aliphatic heterocycles. The summed E-state index contributed by atoms with van der Waals surface area (Å²) in [7, 11) is 0. The molecule has 2 saturated heterocycles. The van der Waals surface area contributed by atoms with E-state index >= 15 is 0 Å². The van der Waals surface area contributed by atoms with Crippen LogP contribution in [0.15, 0.2) is 36.4 Å². The SMILES string of the molecule is CC(=O)O.CC(=O)O.CC(=O)OC[C@@H]1C[C@H](OC(C)=O)C[C@H](c2cc(Cc3ccc(C4CC4)cc3)c(C#N)cc2O[C@H]2CCOC2)O1. The van der Waals surface area contributed by atoms with E-state index in [1.807, 2.05) is 6.07 Å². The summed E-state index contributed by atoms with van der Waals surface area (Å²) in [6.07, 6.45) is 3.24. The number of nitrogens with zero attached hydrogens (tertiary/aromatic N) is 1. The highest BCUT2D eigenvalue weighted by Gasteiger charge is 2.35. The normalized spacial score (nSPS) is 21.4. The first-order valence-corrected chi connectivity index (χ1v) is 15.6. The molecule has 0 amide bonds. The summed E-state index contributed by atoms with van der Waals surface area (Å²) in [5.41, 5.74) is 4.69. The van der Waals surface area contributed by atoms with Gasteiger partial charge in [-0.15, -0.1) is 0 Å². The Bertz CT molecular complexity index is 1400. The number of aliphatic carboxylic acids is 2. The van der Waals surface area contributed by atoms with E-state index in [1.165, 1.54) is 32.3 Å². The minimum absolute atomic E-state index is 0.0622. The lowest BCUT2D eigenvalue weighted by molar-refractivity contribution is -0.169. The van der Waals surface area contributed by atoms with Gasteiger partial charge in [0.15, 0.2) is 0 Å². The zero-order valence-corrected chi connectivity index (χ0v) is 27.2. The largest absolute Gasteiger partial charge is 0.487 e. The molecular formula is C35H43NO11. The highest BCUT2D eigenvalue weighted by molar-refractivity contribution is 5.66. The number of benzene rings is 2. The lowest BCUT2D eigenvalue weighted by Crippen LogP contribution is -2.37. The number of rotatable bonds is 9. The lowest BCUT2D eigenvalue weighted by Gasteiger charge is -2.36. The smallest absolute Gasteiger partial charge is 0.302 e. The van der Waals surface area contributed by atoms with E-state index in [2.05, 4.69) is 30.3 Å². The Morgan fingerprint density at radius 2 is 1.57 bits per heavy atom. The summed E-state index contributed by atoms with van der Waals surface area (Å²) >= 11 is 0. The quantitative estimate of drug-likeness (QED) is 0.343. The Hall–Kier alpha value is -4.47. The van der Waals surface area contributed by atoms with Crippen LogP contribution < -0.4 is 4.74 Å². The molecule has 12 heteroatoms. The number of hydrogen-bond donors (Lipinski definition) is 2. The van der Waals surface area contributed by atoms with Crippen molar-refractivity contribution in [3.63, 3.8) is 0 Å². The molecule has 0 bridgehead atoms. The molecule has 47 heavy (non-hydrogen) atoms. The molecule has 1 aliphatic carbocycles. The highest BCUT2D eigenvalue weighted by atomic mass is 16.6. The number of nitriles is 1. The molecule has 2 N–H and O–H groups in total. The predicted molar refractivity (Wildman–Crippen MR) is 168 cm³/mol. The molecule has 0 aromatic heterocycles. The van der Waals surface area contributed by atoms with E-state index in [9.17, 15) is 14.9 Å². The van der Waals surface area contributed by atoms with E-state index in [0.717, 1.165) is 37.0 Å². The van der Waals surface area contributed by atoms with Crippen molar-refractivity contribution in [2.45, 2.75) is 96.6 Å². The number of hydrogen-bond acceptors (Lipinski definition) is 10. The van der Waals surface area contributed by atoms with E-state index in [1.54, 1.807) is 6.07 Å². The molecule has 2 aromatic carbocycles. The molecule has 5 rings (SSSR count). The fraction of sp³-hybridized carbons (Fsp3) is 0.514. The molecule has 254 valence electrons. The van der Waals surface area contributed by atoms with Gasteiger partial charge in [0, 0.05) is 52.5 Å².